The first-order valence-corrected chi connectivity index (χ1v) is 5.44. The van der Waals surface area contributed by atoms with Crippen molar-refractivity contribution in [1.29, 1.82) is 0 Å². The zero-order chi connectivity index (χ0) is 9.83. The minimum Gasteiger partial charge on any atom is -0.373 e. The van der Waals surface area contributed by atoms with Crippen molar-refractivity contribution in [3.63, 3.8) is 0 Å². The molecular weight excluding hydrogens is 180 g/mol. The Labute approximate surface area is 73.4 Å². The summed E-state index contributed by atoms with van der Waals surface area (Å²) in [6.45, 7) is 3.08. The summed E-state index contributed by atoms with van der Waals surface area (Å²) in [4.78, 5) is -1.98. The van der Waals surface area contributed by atoms with Crippen LogP contribution in [0.15, 0.2) is 0 Å². The highest BCUT2D eigenvalue weighted by atomic mass is 32.2. The molecule has 0 aromatic heterocycles. The Balaban J connectivity index is 4.06. The molecule has 0 aliphatic rings. The highest BCUT2D eigenvalue weighted by molar-refractivity contribution is 7.87. The lowest BCUT2D eigenvalue weighted by atomic mass is 10.1. The second-order valence-corrected chi connectivity index (χ2v) is 4.94. The van der Waals surface area contributed by atoms with E-state index in [4.69, 9.17) is 4.55 Å². The molecular formula is C7H16O4S. The fraction of sp³-hybridized carbons (Fsp3) is 1.00. The molecule has 1 atom stereocenters. The molecule has 0 radical (unpaired) electrons. The highest BCUT2D eigenvalue weighted by Gasteiger charge is 2.34. The number of hydrogen-bond acceptors (Lipinski definition) is 3. The van der Waals surface area contributed by atoms with Gasteiger partial charge in [-0.25, -0.2) is 0 Å². The molecule has 0 aliphatic carbocycles. The Kier molecular flexibility index (Phi) is 4.16. The molecule has 1 unspecified atom stereocenters. The first kappa shape index (κ1) is 11.9. The number of hydrogen-bond donors (Lipinski definition) is 2. The summed E-state index contributed by atoms with van der Waals surface area (Å²) < 4.78 is 29.7. The van der Waals surface area contributed by atoms with Crippen molar-refractivity contribution in [3.8, 4) is 0 Å². The molecule has 5 heteroatoms. The fourth-order valence-corrected chi connectivity index (χ4v) is 1.23. The van der Waals surface area contributed by atoms with Crippen LogP contribution in [0.1, 0.15) is 39.5 Å². The maximum Gasteiger partial charge on any atom is 0.294 e. The third kappa shape index (κ3) is 3.51. The number of unbranched alkanes of at least 4 members (excludes halogenated alkanes) is 2. The summed E-state index contributed by atoms with van der Waals surface area (Å²) in [6, 6.07) is 0. The number of rotatable bonds is 5. The monoisotopic (exact) mass is 196 g/mol. The Morgan fingerprint density at radius 1 is 1.33 bits per heavy atom. The van der Waals surface area contributed by atoms with Gasteiger partial charge in [0.05, 0.1) is 0 Å². The average Bonchev–Trinajstić information content (AvgIpc) is 1.85. The Morgan fingerprint density at radius 2 is 1.83 bits per heavy atom. The van der Waals surface area contributed by atoms with Crippen molar-refractivity contribution in [1.82, 2.24) is 0 Å². The third-order valence-corrected chi connectivity index (χ3v) is 3.12. The van der Waals surface area contributed by atoms with Gasteiger partial charge in [0.15, 0.2) is 4.93 Å². The van der Waals surface area contributed by atoms with E-state index in [1.54, 1.807) is 0 Å². The molecule has 0 fully saturated rings. The van der Waals surface area contributed by atoms with E-state index in [0.717, 1.165) is 19.8 Å². The molecule has 0 saturated carbocycles. The lowest BCUT2D eigenvalue weighted by molar-refractivity contribution is 0.119. The topological polar surface area (TPSA) is 74.6 Å². The quantitative estimate of drug-likeness (QED) is 0.511. The minimum atomic E-state index is -4.33. The molecule has 0 aliphatic heterocycles. The summed E-state index contributed by atoms with van der Waals surface area (Å²) in [5.41, 5.74) is 0. The molecule has 0 spiro atoms. The van der Waals surface area contributed by atoms with Crippen LogP contribution in [-0.2, 0) is 10.1 Å². The van der Waals surface area contributed by atoms with Gasteiger partial charge in [-0.3, -0.25) is 4.55 Å². The van der Waals surface area contributed by atoms with Crippen molar-refractivity contribution < 1.29 is 18.1 Å². The predicted molar refractivity (Wildman–Crippen MR) is 46.3 cm³/mol. The Morgan fingerprint density at radius 3 is 2.17 bits per heavy atom. The van der Waals surface area contributed by atoms with Crippen LogP contribution in [0.2, 0.25) is 0 Å². The molecule has 4 nitrogen and oxygen atoms in total. The van der Waals surface area contributed by atoms with Crippen LogP contribution >= 0.6 is 0 Å². The van der Waals surface area contributed by atoms with Gasteiger partial charge in [0.25, 0.3) is 10.1 Å². The van der Waals surface area contributed by atoms with Gasteiger partial charge in [0.2, 0.25) is 0 Å². The second-order valence-electron chi connectivity index (χ2n) is 3.11. The summed E-state index contributed by atoms with van der Waals surface area (Å²) in [5, 5.41) is 9.24. The van der Waals surface area contributed by atoms with E-state index in [1.165, 1.54) is 0 Å². The van der Waals surface area contributed by atoms with Gasteiger partial charge in [-0.05, 0) is 19.8 Å². The first-order chi connectivity index (χ1) is 5.31. The van der Waals surface area contributed by atoms with Gasteiger partial charge in [-0.1, -0.05) is 19.8 Å². The maximum absolute atomic E-state index is 10.6. The summed E-state index contributed by atoms with van der Waals surface area (Å²) in [7, 11) is -4.33. The minimum absolute atomic E-state index is 0.0830. The zero-order valence-electron chi connectivity index (χ0n) is 7.45. The van der Waals surface area contributed by atoms with Crippen LogP contribution in [0.5, 0.6) is 0 Å². The van der Waals surface area contributed by atoms with E-state index >= 15 is 0 Å². The van der Waals surface area contributed by atoms with Gasteiger partial charge < -0.3 is 5.11 Å². The van der Waals surface area contributed by atoms with Gasteiger partial charge in [0, 0.05) is 0 Å². The molecule has 0 amide bonds. The predicted octanol–water partition coefficient (Wildman–Crippen LogP) is 1.16. The summed E-state index contributed by atoms with van der Waals surface area (Å²) in [5.74, 6) is 0. The maximum atomic E-state index is 10.6. The van der Waals surface area contributed by atoms with E-state index in [1.807, 2.05) is 6.92 Å². The van der Waals surface area contributed by atoms with Crippen LogP contribution in [0.3, 0.4) is 0 Å². The van der Waals surface area contributed by atoms with E-state index in [2.05, 4.69) is 0 Å². The highest BCUT2D eigenvalue weighted by Crippen LogP contribution is 2.19. The van der Waals surface area contributed by atoms with Crippen molar-refractivity contribution >= 4 is 10.1 Å². The fourth-order valence-electron chi connectivity index (χ4n) is 0.832. The molecule has 0 aromatic rings. The van der Waals surface area contributed by atoms with Crippen molar-refractivity contribution in [2.45, 2.75) is 44.5 Å². The third-order valence-electron chi connectivity index (χ3n) is 1.80. The van der Waals surface area contributed by atoms with Crippen LogP contribution in [0.25, 0.3) is 0 Å². The van der Waals surface area contributed by atoms with Gasteiger partial charge in [-0.2, -0.15) is 8.42 Å². The second kappa shape index (κ2) is 4.20. The smallest absolute Gasteiger partial charge is 0.294 e. The lowest BCUT2D eigenvalue weighted by Gasteiger charge is -2.18. The average molecular weight is 196 g/mol. The standard InChI is InChI=1S/C7H16O4S/c1-3-4-5-6-7(2,8)12(9,10)11/h8H,3-6H2,1-2H3,(H,9,10,11). The van der Waals surface area contributed by atoms with Gasteiger partial charge in [0.1, 0.15) is 0 Å². The molecule has 12 heavy (non-hydrogen) atoms. The Bertz CT molecular complexity index is 218. The van der Waals surface area contributed by atoms with E-state index in [9.17, 15) is 13.5 Å². The Hall–Kier alpha value is -0.130. The first-order valence-electron chi connectivity index (χ1n) is 4.00. The largest absolute Gasteiger partial charge is 0.373 e. The van der Waals surface area contributed by atoms with Crippen molar-refractivity contribution in [2.75, 3.05) is 0 Å². The molecule has 0 bridgehead atoms. The van der Waals surface area contributed by atoms with Crippen LogP contribution in [0, 0.1) is 0 Å². The molecule has 2 N–H and O–H groups in total. The van der Waals surface area contributed by atoms with Gasteiger partial charge in [-0.15, -0.1) is 0 Å². The van der Waals surface area contributed by atoms with Crippen LogP contribution in [0.4, 0.5) is 0 Å². The van der Waals surface area contributed by atoms with Crippen LogP contribution < -0.4 is 0 Å². The van der Waals surface area contributed by atoms with Crippen LogP contribution in [-0.4, -0.2) is 23.0 Å². The number of aliphatic hydroxyl groups is 1. The van der Waals surface area contributed by atoms with E-state index < -0.39 is 15.1 Å². The van der Waals surface area contributed by atoms with Gasteiger partial charge >= 0.3 is 0 Å². The normalized spacial score (nSPS) is 17.3. The lowest BCUT2D eigenvalue weighted by Crippen LogP contribution is -2.34. The molecule has 0 rings (SSSR count). The van der Waals surface area contributed by atoms with E-state index in [0.29, 0.717) is 6.42 Å². The summed E-state index contributed by atoms with van der Waals surface area (Å²) in [6.07, 6.45) is 2.48. The SMILES string of the molecule is CCCCCC(C)(O)S(=O)(=O)O. The van der Waals surface area contributed by atoms with Crippen molar-refractivity contribution in [3.05, 3.63) is 0 Å². The molecule has 0 aromatic carbocycles. The zero-order valence-corrected chi connectivity index (χ0v) is 8.26. The van der Waals surface area contributed by atoms with Crippen molar-refractivity contribution in [2.24, 2.45) is 0 Å². The summed E-state index contributed by atoms with van der Waals surface area (Å²) >= 11 is 0. The van der Waals surface area contributed by atoms with E-state index in [-0.39, 0.29) is 6.42 Å². The molecule has 0 saturated heterocycles. The molecule has 0 heterocycles. The molecule has 74 valence electrons.